The molecule has 34 heavy (non-hydrogen) atoms. The van der Waals surface area contributed by atoms with Crippen molar-refractivity contribution >= 4 is 17.6 Å². The highest BCUT2D eigenvalue weighted by Gasteiger charge is 2.31. The Kier molecular flexibility index (Phi) is 7.20. The van der Waals surface area contributed by atoms with Crippen LogP contribution in [0, 0.1) is 0 Å². The average Bonchev–Trinajstić information content (AvgIpc) is 3.07. The normalized spacial score (nSPS) is 15.8. The van der Waals surface area contributed by atoms with Gasteiger partial charge in [0.05, 0.1) is 6.54 Å². The molecule has 1 heterocycles. The number of aliphatic imine (C=N–C) groups is 1. The van der Waals surface area contributed by atoms with E-state index in [-0.39, 0.29) is 34.8 Å². The molecule has 2 aromatic carbocycles. The molecule has 0 radical (unpaired) electrons. The molecule has 0 saturated carbocycles. The summed E-state index contributed by atoms with van der Waals surface area (Å²) in [5.74, 6) is 0.442. The van der Waals surface area contributed by atoms with Gasteiger partial charge < -0.3 is 14.9 Å². The fraction of sp³-hybridized carbons (Fsp3) is 0.464. The molecule has 3 rings (SSSR count). The lowest BCUT2D eigenvalue weighted by molar-refractivity contribution is -0.115. The van der Waals surface area contributed by atoms with E-state index in [2.05, 4.69) is 4.99 Å². The van der Waals surface area contributed by atoms with Gasteiger partial charge in [-0.25, -0.2) is 0 Å². The van der Waals surface area contributed by atoms with Crippen molar-refractivity contribution in [2.75, 3.05) is 19.6 Å². The molecular formula is C28H37N3O3. The minimum absolute atomic E-state index is 0.0613. The summed E-state index contributed by atoms with van der Waals surface area (Å²) in [6.45, 7) is 15.6. The van der Waals surface area contributed by atoms with Crippen LogP contribution in [0.5, 0.6) is 5.75 Å². The zero-order valence-corrected chi connectivity index (χ0v) is 21.5. The van der Waals surface area contributed by atoms with Gasteiger partial charge in [0, 0.05) is 43.2 Å². The van der Waals surface area contributed by atoms with Gasteiger partial charge in [-0.2, -0.15) is 4.99 Å². The first-order valence-electron chi connectivity index (χ1n) is 11.8. The number of aromatic hydroxyl groups is 1. The fourth-order valence-electron chi connectivity index (χ4n) is 4.23. The number of rotatable bonds is 5. The van der Waals surface area contributed by atoms with E-state index in [1.54, 1.807) is 0 Å². The number of Topliss-reactive ketones (excluding diaryl/α,β-unsaturated/α-hetero) is 1. The van der Waals surface area contributed by atoms with E-state index in [4.69, 9.17) is 0 Å². The van der Waals surface area contributed by atoms with Crippen LogP contribution in [0.4, 0.5) is 0 Å². The Labute approximate surface area is 203 Å². The molecule has 1 fully saturated rings. The average molecular weight is 464 g/mol. The van der Waals surface area contributed by atoms with Crippen LogP contribution >= 0.6 is 0 Å². The van der Waals surface area contributed by atoms with E-state index in [9.17, 15) is 14.7 Å². The Hall–Kier alpha value is -3.15. The van der Waals surface area contributed by atoms with E-state index >= 15 is 0 Å². The van der Waals surface area contributed by atoms with Gasteiger partial charge in [-0.15, -0.1) is 0 Å². The second-order valence-corrected chi connectivity index (χ2v) is 11.1. The van der Waals surface area contributed by atoms with Crippen molar-refractivity contribution in [2.45, 2.75) is 65.8 Å². The van der Waals surface area contributed by atoms with Gasteiger partial charge in [-0.3, -0.25) is 9.59 Å². The quantitative estimate of drug-likeness (QED) is 0.639. The second kappa shape index (κ2) is 9.61. The van der Waals surface area contributed by atoms with E-state index in [0.29, 0.717) is 31.2 Å². The van der Waals surface area contributed by atoms with Gasteiger partial charge in [0.2, 0.25) is 11.9 Å². The first kappa shape index (κ1) is 25.5. The van der Waals surface area contributed by atoms with Gasteiger partial charge in [-0.05, 0) is 28.5 Å². The van der Waals surface area contributed by atoms with Crippen molar-refractivity contribution in [3.63, 3.8) is 0 Å². The van der Waals surface area contributed by atoms with Gasteiger partial charge >= 0.3 is 0 Å². The number of nitrogens with zero attached hydrogens (tertiary/aromatic N) is 3. The molecule has 0 aromatic heterocycles. The van der Waals surface area contributed by atoms with Crippen molar-refractivity contribution in [1.29, 1.82) is 0 Å². The Morgan fingerprint density at radius 2 is 1.44 bits per heavy atom. The van der Waals surface area contributed by atoms with Crippen LogP contribution < -0.4 is 0 Å². The molecule has 0 bridgehead atoms. The third-order valence-electron chi connectivity index (χ3n) is 6.06. The maximum Gasteiger partial charge on any atom is 0.245 e. The summed E-state index contributed by atoms with van der Waals surface area (Å²) in [4.78, 5) is 33.6. The molecule has 1 aliphatic rings. The number of phenols is 1. The van der Waals surface area contributed by atoms with Gasteiger partial charge in [0.25, 0.3) is 0 Å². The van der Waals surface area contributed by atoms with Gasteiger partial charge in [-0.1, -0.05) is 71.9 Å². The zero-order valence-electron chi connectivity index (χ0n) is 21.5. The molecule has 1 N–H and O–H groups in total. The third-order valence-corrected chi connectivity index (χ3v) is 6.06. The second-order valence-electron chi connectivity index (χ2n) is 11.1. The molecule has 182 valence electrons. The van der Waals surface area contributed by atoms with Crippen LogP contribution in [0.15, 0.2) is 47.5 Å². The third kappa shape index (κ3) is 5.85. The van der Waals surface area contributed by atoms with Crippen LogP contribution in [0.25, 0.3) is 0 Å². The smallest absolute Gasteiger partial charge is 0.245 e. The highest BCUT2D eigenvalue weighted by Crippen LogP contribution is 2.40. The van der Waals surface area contributed by atoms with Crippen molar-refractivity contribution in [3.05, 3.63) is 64.7 Å². The molecule has 6 nitrogen and oxygen atoms in total. The molecule has 0 atom stereocenters. The molecular weight excluding hydrogens is 426 g/mol. The lowest BCUT2D eigenvalue weighted by atomic mass is 9.78. The van der Waals surface area contributed by atoms with Crippen molar-refractivity contribution < 1.29 is 14.7 Å². The first-order chi connectivity index (χ1) is 15.8. The number of hydrogen-bond donors (Lipinski definition) is 1. The topological polar surface area (TPSA) is 73.2 Å². The number of hydrogen-bond acceptors (Lipinski definition) is 3. The summed E-state index contributed by atoms with van der Waals surface area (Å²) in [5, 5.41) is 11.0. The highest BCUT2D eigenvalue weighted by atomic mass is 16.3. The monoisotopic (exact) mass is 463 g/mol. The zero-order chi connectivity index (χ0) is 25.3. The predicted molar refractivity (Wildman–Crippen MR) is 136 cm³/mol. The number of amides is 1. The Balaban J connectivity index is 1.91. The maximum atomic E-state index is 13.5. The minimum Gasteiger partial charge on any atom is -0.507 e. The summed E-state index contributed by atoms with van der Waals surface area (Å²) in [6.07, 6.45) is 0. The van der Waals surface area contributed by atoms with E-state index in [0.717, 1.165) is 16.7 Å². The van der Waals surface area contributed by atoms with Crippen LogP contribution in [-0.4, -0.2) is 52.2 Å². The SMILES string of the molecule is CC(=O)/N=C1\N(CC(=O)c2cc(C(C)(C)C)c(O)c(C(C)(C)C)c2)CCN1Cc1ccccc1. The molecule has 6 heteroatoms. The van der Waals surface area contributed by atoms with E-state index in [1.807, 2.05) is 93.8 Å². The van der Waals surface area contributed by atoms with Crippen molar-refractivity contribution in [2.24, 2.45) is 4.99 Å². The van der Waals surface area contributed by atoms with Crippen molar-refractivity contribution in [3.8, 4) is 5.75 Å². The Morgan fingerprint density at radius 1 is 0.912 bits per heavy atom. The summed E-state index contributed by atoms with van der Waals surface area (Å²) >= 11 is 0. The van der Waals surface area contributed by atoms with E-state index < -0.39 is 0 Å². The standard InChI is InChI=1S/C28H37N3O3/c1-19(32)29-26-30(17-20-11-9-8-10-12-20)13-14-31(26)18-24(33)21-15-22(27(2,3)4)25(34)23(16-21)28(5,6)7/h8-12,15-16,34H,13-14,17-18H2,1-7H3/b29-26-. The molecule has 1 saturated heterocycles. The molecule has 0 unspecified atom stereocenters. The number of phenolic OH excluding ortho intramolecular Hbond substituents is 1. The maximum absolute atomic E-state index is 13.5. The number of carbonyl (C=O) groups excluding carboxylic acids is 2. The number of guanidine groups is 1. The molecule has 1 amide bonds. The summed E-state index contributed by atoms with van der Waals surface area (Å²) in [5.41, 5.74) is 2.57. The number of carbonyl (C=O) groups is 2. The van der Waals surface area contributed by atoms with E-state index in [1.165, 1.54) is 6.92 Å². The molecule has 0 spiro atoms. The van der Waals surface area contributed by atoms with Crippen molar-refractivity contribution in [1.82, 2.24) is 9.80 Å². The van der Waals surface area contributed by atoms with Gasteiger partial charge in [0.15, 0.2) is 5.78 Å². The highest BCUT2D eigenvalue weighted by molar-refractivity contribution is 6.02. The molecule has 0 aliphatic carbocycles. The number of ketones is 1. The van der Waals surface area contributed by atoms with Gasteiger partial charge in [0.1, 0.15) is 5.75 Å². The summed E-state index contributed by atoms with van der Waals surface area (Å²) < 4.78 is 0. The Bertz CT molecular complexity index is 1060. The van der Waals surface area contributed by atoms with Crippen LogP contribution in [0.2, 0.25) is 0 Å². The number of benzene rings is 2. The largest absolute Gasteiger partial charge is 0.507 e. The minimum atomic E-state index is -0.318. The van der Waals surface area contributed by atoms with Crippen LogP contribution in [0.3, 0.4) is 0 Å². The van der Waals surface area contributed by atoms with Crippen LogP contribution in [-0.2, 0) is 22.2 Å². The molecule has 2 aromatic rings. The lowest BCUT2D eigenvalue weighted by Gasteiger charge is -2.28. The lowest BCUT2D eigenvalue weighted by Crippen LogP contribution is -2.37. The summed E-state index contributed by atoms with van der Waals surface area (Å²) in [7, 11) is 0. The Morgan fingerprint density at radius 3 is 1.94 bits per heavy atom. The fourth-order valence-corrected chi connectivity index (χ4v) is 4.23. The molecule has 1 aliphatic heterocycles. The van der Waals surface area contributed by atoms with Crippen LogP contribution in [0.1, 0.15) is 75.5 Å². The summed E-state index contributed by atoms with van der Waals surface area (Å²) in [6, 6.07) is 13.6. The first-order valence-corrected chi connectivity index (χ1v) is 11.8. The predicted octanol–water partition coefficient (Wildman–Crippen LogP) is 4.89.